The molecule has 4 aromatic rings. The molecule has 0 aliphatic heterocycles. The number of hydrogen-bond acceptors (Lipinski definition) is 3. The number of aromatic nitrogens is 1. The summed E-state index contributed by atoms with van der Waals surface area (Å²) >= 11 is 0. The van der Waals surface area contributed by atoms with Gasteiger partial charge in [-0.1, -0.05) is 48.5 Å². The largest absolute Gasteiger partial charge is 0.497 e. The first kappa shape index (κ1) is 16.2. The molecule has 128 valence electrons. The van der Waals surface area contributed by atoms with E-state index in [0.29, 0.717) is 0 Å². The van der Waals surface area contributed by atoms with E-state index in [1.807, 2.05) is 42.5 Å². The second kappa shape index (κ2) is 6.89. The van der Waals surface area contributed by atoms with Gasteiger partial charge in [-0.2, -0.15) is 0 Å². The molecule has 0 fully saturated rings. The molecule has 0 aliphatic rings. The number of anilines is 2. The summed E-state index contributed by atoms with van der Waals surface area (Å²) in [4.78, 5) is 4.85. The maximum absolute atomic E-state index is 5.29. The van der Waals surface area contributed by atoms with Crippen molar-refractivity contribution in [3.63, 3.8) is 0 Å². The monoisotopic (exact) mass is 340 g/mol. The van der Waals surface area contributed by atoms with Gasteiger partial charge in [0.1, 0.15) is 11.6 Å². The van der Waals surface area contributed by atoms with Gasteiger partial charge in [-0.15, -0.1) is 0 Å². The van der Waals surface area contributed by atoms with E-state index in [1.165, 1.54) is 0 Å². The van der Waals surface area contributed by atoms with Gasteiger partial charge in [-0.25, -0.2) is 4.98 Å². The van der Waals surface area contributed by atoms with Crippen molar-refractivity contribution in [2.45, 2.75) is 6.92 Å². The molecule has 0 aliphatic carbocycles. The Kier molecular flexibility index (Phi) is 4.28. The summed E-state index contributed by atoms with van der Waals surface area (Å²) in [6, 6.07) is 26.7. The van der Waals surface area contributed by atoms with E-state index < -0.39 is 0 Å². The Morgan fingerprint density at radius 2 is 1.62 bits per heavy atom. The molecule has 3 nitrogen and oxygen atoms in total. The van der Waals surface area contributed by atoms with Gasteiger partial charge in [-0.3, -0.25) is 0 Å². The topological polar surface area (TPSA) is 34.1 Å². The molecule has 0 radical (unpaired) electrons. The highest BCUT2D eigenvalue weighted by molar-refractivity contribution is 5.97. The lowest BCUT2D eigenvalue weighted by Gasteiger charge is -2.13. The summed E-state index contributed by atoms with van der Waals surface area (Å²) in [5, 5.41) is 4.57. The second-order valence-corrected chi connectivity index (χ2v) is 6.25. The third-order valence-electron chi connectivity index (χ3n) is 4.49. The molecule has 3 aromatic carbocycles. The molecule has 0 saturated heterocycles. The molecule has 26 heavy (non-hydrogen) atoms. The smallest absolute Gasteiger partial charge is 0.131 e. The minimum absolute atomic E-state index is 0.837. The fourth-order valence-electron chi connectivity index (χ4n) is 3.13. The first-order valence-corrected chi connectivity index (χ1v) is 8.61. The van der Waals surface area contributed by atoms with Crippen LogP contribution in [0.3, 0.4) is 0 Å². The Morgan fingerprint density at radius 1 is 0.846 bits per heavy atom. The molecule has 0 bridgehead atoms. The van der Waals surface area contributed by atoms with Crippen LogP contribution in [0.2, 0.25) is 0 Å². The summed E-state index contributed by atoms with van der Waals surface area (Å²) in [6.07, 6.45) is 0. The second-order valence-electron chi connectivity index (χ2n) is 6.25. The van der Waals surface area contributed by atoms with Crippen LogP contribution in [0, 0.1) is 6.92 Å². The van der Waals surface area contributed by atoms with Crippen LogP contribution in [0.15, 0.2) is 78.9 Å². The predicted molar refractivity (Wildman–Crippen MR) is 108 cm³/mol. The standard InChI is InChI=1S/C23H20N2O/c1-16-7-6-10-20-21(17-11-13-19(26-2)14-12-17)15-22(25-23(16)20)24-18-8-4-3-5-9-18/h3-15H,1-2H3,(H,24,25). The van der Waals surface area contributed by atoms with Crippen LogP contribution >= 0.6 is 0 Å². The minimum atomic E-state index is 0.837. The van der Waals surface area contributed by atoms with Gasteiger partial charge in [0.15, 0.2) is 0 Å². The Balaban J connectivity index is 1.87. The Labute approximate surface area is 153 Å². The van der Waals surface area contributed by atoms with E-state index >= 15 is 0 Å². The van der Waals surface area contributed by atoms with E-state index in [-0.39, 0.29) is 0 Å². The molecule has 1 N–H and O–H groups in total. The molecular formula is C23H20N2O. The maximum atomic E-state index is 5.29. The molecule has 0 spiro atoms. The number of pyridine rings is 1. The van der Waals surface area contributed by atoms with Crippen LogP contribution in [-0.2, 0) is 0 Å². The number of nitrogens with one attached hydrogen (secondary N) is 1. The molecule has 1 heterocycles. The molecule has 0 unspecified atom stereocenters. The number of para-hydroxylation sites is 2. The normalized spacial score (nSPS) is 10.7. The van der Waals surface area contributed by atoms with Crippen LogP contribution in [-0.4, -0.2) is 12.1 Å². The van der Waals surface area contributed by atoms with Crippen molar-refractivity contribution in [1.29, 1.82) is 0 Å². The highest BCUT2D eigenvalue weighted by atomic mass is 16.5. The maximum Gasteiger partial charge on any atom is 0.131 e. The summed E-state index contributed by atoms with van der Waals surface area (Å²) in [7, 11) is 1.68. The number of ether oxygens (including phenoxy) is 1. The SMILES string of the molecule is COc1ccc(-c2cc(Nc3ccccc3)nc3c(C)cccc23)cc1. The Morgan fingerprint density at radius 3 is 2.35 bits per heavy atom. The summed E-state index contributed by atoms with van der Waals surface area (Å²) in [5.74, 6) is 1.69. The van der Waals surface area contributed by atoms with E-state index in [4.69, 9.17) is 9.72 Å². The molecule has 0 amide bonds. The highest BCUT2D eigenvalue weighted by Gasteiger charge is 2.10. The summed E-state index contributed by atoms with van der Waals surface area (Å²) in [5.41, 5.74) is 5.49. The zero-order valence-electron chi connectivity index (χ0n) is 14.9. The molecule has 0 atom stereocenters. The van der Waals surface area contributed by atoms with Gasteiger partial charge in [0.2, 0.25) is 0 Å². The van der Waals surface area contributed by atoms with Gasteiger partial charge in [0, 0.05) is 11.1 Å². The number of methoxy groups -OCH3 is 1. The number of aryl methyl sites for hydroxylation is 1. The van der Waals surface area contributed by atoms with Crippen LogP contribution in [0.1, 0.15) is 5.56 Å². The lowest BCUT2D eigenvalue weighted by Crippen LogP contribution is -1.96. The van der Waals surface area contributed by atoms with Crippen molar-refractivity contribution in [2.24, 2.45) is 0 Å². The minimum Gasteiger partial charge on any atom is -0.497 e. The number of fused-ring (bicyclic) bond motifs is 1. The number of hydrogen-bond donors (Lipinski definition) is 1. The lowest BCUT2D eigenvalue weighted by atomic mass is 9.99. The van der Waals surface area contributed by atoms with E-state index in [0.717, 1.165) is 44.8 Å². The van der Waals surface area contributed by atoms with Crippen LogP contribution < -0.4 is 10.1 Å². The molecule has 0 saturated carbocycles. The van der Waals surface area contributed by atoms with Crippen LogP contribution in [0.4, 0.5) is 11.5 Å². The zero-order chi connectivity index (χ0) is 17.9. The van der Waals surface area contributed by atoms with Gasteiger partial charge < -0.3 is 10.1 Å². The van der Waals surface area contributed by atoms with Crippen molar-refractivity contribution < 1.29 is 4.74 Å². The number of rotatable bonds is 4. The third kappa shape index (κ3) is 3.11. The van der Waals surface area contributed by atoms with E-state index in [9.17, 15) is 0 Å². The highest BCUT2D eigenvalue weighted by Crippen LogP contribution is 2.33. The number of nitrogens with zero attached hydrogens (tertiary/aromatic N) is 1. The van der Waals surface area contributed by atoms with Gasteiger partial charge in [0.05, 0.1) is 12.6 Å². The average Bonchev–Trinajstić information content (AvgIpc) is 2.69. The average molecular weight is 340 g/mol. The first-order valence-electron chi connectivity index (χ1n) is 8.61. The van der Waals surface area contributed by atoms with Crippen molar-refractivity contribution in [3.8, 4) is 16.9 Å². The van der Waals surface area contributed by atoms with Gasteiger partial charge in [0.25, 0.3) is 0 Å². The van der Waals surface area contributed by atoms with Crippen molar-refractivity contribution in [3.05, 3.63) is 84.4 Å². The molecule has 1 aromatic heterocycles. The fourth-order valence-corrected chi connectivity index (χ4v) is 3.13. The molecule has 4 rings (SSSR count). The fraction of sp³-hybridized carbons (Fsp3) is 0.0870. The van der Waals surface area contributed by atoms with Crippen LogP contribution in [0.25, 0.3) is 22.0 Å². The zero-order valence-corrected chi connectivity index (χ0v) is 14.9. The molecular weight excluding hydrogens is 320 g/mol. The van der Waals surface area contributed by atoms with Crippen molar-refractivity contribution in [1.82, 2.24) is 4.98 Å². The van der Waals surface area contributed by atoms with Crippen molar-refractivity contribution in [2.75, 3.05) is 12.4 Å². The first-order chi connectivity index (χ1) is 12.7. The third-order valence-corrected chi connectivity index (χ3v) is 4.49. The van der Waals surface area contributed by atoms with E-state index in [2.05, 4.69) is 48.6 Å². The summed E-state index contributed by atoms with van der Waals surface area (Å²) < 4.78 is 5.29. The Bertz CT molecular complexity index is 1040. The molecule has 3 heteroatoms. The van der Waals surface area contributed by atoms with Gasteiger partial charge >= 0.3 is 0 Å². The number of benzene rings is 3. The van der Waals surface area contributed by atoms with Gasteiger partial charge in [-0.05, 0) is 53.9 Å². The summed E-state index contributed by atoms with van der Waals surface area (Å²) in [6.45, 7) is 2.10. The van der Waals surface area contributed by atoms with Crippen molar-refractivity contribution >= 4 is 22.4 Å². The van der Waals surface area contributed by atoms with Crippen LogP contribution in [0.5, 0.6) is 5.75 Å². The predicted octanol–water partition coefficient (Wildman–Crippen LogP) is 5.96. The van der Waals surface area contributed by atoms with E-state index in [1.54, 1.807) is 7.11 Å². The quantitative estimate of drug-likeness (QED) is 0.497. The lowest BCUT2D eigenvalue weighted by molar-refractivity contribution is 0.415. The Hall–Kier alpha value is -3.33.